The number of nitriles is 1. The average Bonchev–Trinajstić information content (AvgIpc) is 3.73. The standard InChI is InChI=1S/C32H39F4N7O2/c1-20-15-24-26(17-43(20)27-8-6-7-25(21(27)2)32(34,35)36)38-30(45-19-31(10-11-31)18-40(4)5)39-28(24)41-13-14-42(29(44)22(3)33)23(16-41)9-12-37/h6-8,20,23H,3,9-11,13-19H2,1-2,4-5H3/t20?,23-/m0/s1. The molecule has 1 amide bonds. The fourth-order valence-corrected chi connectivity index (χ4v) is 6.61. The SMILES string of the molecule is C=C(F)C(=O)N1CCN(c2nc(OCC3(CN(C)C)CC3)nc3c2CC(C)N(c2cccc(C(F)(F)F)c2C)C3)C[C@@H]1CC#N. The number of halogens is 4. The predicted octanol–water partition coefficient (Wildman–Crippen LogP) is 4.89. The van der Waals surface area contributed by atoms with Crippen molar-refractivity contribution < 1.29 is 27.1 Å². The van der Waals surface area contributed by atoms with Crippen LogP contribution in [0, 0.1) is 23.7 Å². The highest BCUT2D eigenvalue weighted by atomic mass is 19.4. The average molecular weight is 630 g/mol. The summed E-state index contributed by atoms with van der Waals surface area (Å²) < 4.78 is 61.4. The molecule has 1 saturated heterocycles. The van der Waals surface area contributed by atoms with E-state index in [1.807, 2.05) is 30.8 Å². The Bertz CT molecular complexity index is 1500. The zero-order valence-electron chi connectivity index (χ0n) is 26.1. The van der Waals surface area contributed by atoms with Crippen LogP contribution in [0.5, 0.6) is 6.01 Å². The molecule has 1 unspecified atom stereocenters. The number of alkyl halides is 3. The van der Waals surface area contributed by atoms with E-state index in [0.717, 1.165) is 31.0 Å². The lowest BCUT2D eigenvalue weighted by molar-refractivity contribution is -0.138. The highest BCUT2D eigenvalue weighted by Crippen LogP contribution is 2.46. The monoisotopic (exact) mass is 629 g/mol. The molecule has 2 aliphatic heterocycles. The normalized spacial score (nSPS) is 20.9. The smallest absolute Gasteiger partial charge is 0.416 e. The fourth-order valence-electron chi connectivity index (χ4n) is 6.61. The van der Waals surface area contributed by atoms with Gasteiger partial charge in [0.1, 0.15) is 5.82 Å². The number of fused-ring (bicyclic) bond motifs is 1. The third kappa shape index (κ3) is 6.85. The molecule has 0 bridgehead atoms. The zero-order valence-corrected chi connectivity index (χ0v) is 26.1. The lowest BCUT2D eigenvalue weighted by Gasteiger charge is -2.43. The van der Waals surface area contributed by atoms with E-state index < -0.39 is 29.5 Å². The summed E-state index contributed by atoms with van der Waals surface area (Å²) in [6.07, 6.45) is -1.98. The van der Waals surface area contributed by atoms with Gasteiger partial charge in [-0.2, -0.15) is 28.4 Å². The third-order valence-corrected chi connectivity index (χ3v) is 9.04. The van der Waals surface area contributed by atoms with Crippen molar-refractivity contribution in [3.63, 3.8) is 0 Å². The van der Waals surface area contributed by atoms with E-state index >= 15 is 0 Å². The number of hydrogen-bond donors (Lipinski definition) is 0. The van der Waals surface area contributed by atoms with Crippen LogP contribution in [-0.2, 0) is 23.9 Å². The number of aromatic nitrogens is 2. The highest BCUT2D eigenvalue weighted by molar-refractivity contribution is 5.91. The second kappa shape index (κ2) is 12.5. The number of benzene rings is 1. The van der Waals surface area contributed by atoms with Gasteiger partial charge in [-0.1, -0.05) is 12.6 Å². The first-order valence-electron chi connectivity index (χ1n) is 15.1. The quantitative estimate of drug-likeness (QED) is 0.286. The van der Waals surface area contributed by atoms with Crippen molar-refractivity contribution in [1.29, 1.82) is 5.26 Å². The van der Waals surface area contributed by atoms with Crippen molar-refractivity contribution in [2.45, 2.75) is 64.3 Å². The predicted molar refractivity (Wildman–Crippen MR) is 161 cm³/mol. The molecule has 0 spiro atoms. The molecule has 2 fully saturated rings. The number of carbonyl (C=O) groups excluding carboxylic acids is 1. The van der Waals surface area contributed by atoms with Gasteiger partial charge >= 0.3 is 12.2 Å². The van der Waals surface area contributed by atoms with E-state index in [9.17, 15) is 27.6 Å². The Hall–Kier alpha value is -3.92. The number of anilines is 2. The van der Waals surface area contributed by atoms with Crippen LogP contribution in [-0.4, -0.2) is 84.6 Å². The second-order valence-corrected chi connectivity index (χ2v) is 12.8. The van der Waals surface area contributed by atoms with Gasteiger partial charge in [0.15, 0.2) is 5.83 Å². The number of rotatable bonds is 9. The number of hydrogen-bond acceptors (Lipinski definition) is 8. The van der Waals surface area contributed by atoms with Gasteiger partial charge in [0.25, 0.3) is 5.91 Å². The van der Waals surface area contributed by atoms with Crippen LogP contribution in [0.3, 0.4) is 0 Å². The number of ether oxygens (including phenoxy) is 1. The van der Waals surface area contributed by atoms with Gasteiger partial charge in [-0.25, -0.2) is 4.39 Å². The van der Waals surface area contributed by atoms with E-state index in [0.29, 0.717) is 36.8 Å². The minimum absolute atomic E-state index is 0.00178. The topological polar surface area (TPSA) is 88.8 Å². The molecule has 3 heterocycles. The van der Waals surface area contributed by atoms with Gasteiger partial charge in [0.2, 0.25) is 0 Å². The van der Waals surface area contributed by atoms with E-state index in [-0.39, 0.29) is 49.1 Å². The molecule has 2 aromatic rings. The largest absolute Gasteiger partial charge is 0.463 e. The second-order valence-electron chi connectivity index (χ2n) is 12.8. The summed E-state index contributed by atoms with van der Waals surface area (Å²) in [5.41, 5.74) is 1.47. The first-order valence-corrected chi connectivity index (χ1v) is 15.1. The summed E-state index contributed by atoms with van der Waals surface area (Å²) >= 11 is 0. The van der Waals surface area contributed by atoms with Crippen molar-refractivity contribution in [3.05, 3.63) is 53.0 Å². The first kappa shape index (κ1) is 32.5. The van der Waals surface area contributed by atoms with Crippen LogP contribution in [0.25, 0.3) is 0 Å². The Morgan fingerprint density at radius 2 is 1.98 bits per heavy atom. The Kier molecular flexibility index (Phi) is 8.99. The fraction of sp³-hybridized carbons (Fsp3) is 0.562. The van der Waals surface area contributed by atoms with Crippen molar-refractivity contribution >= 4 is 17.4 Å². The van der Waals surface area contributed by atoms with Crippen LogP contribution in [0.4, 0.5) is 29.1 Å². The molecule has 242 valence electrons. The van der Waals surface area contributed by atoms with E-state index in [4.69, 9.17) is 14.7 Å². The Balaban J connectivity index is 1.51. The third-order valence-electron chi connectivity index (χ3n) is 9.04. The maximum atomic E-state index is 13.8. The minimum atomic E-state index is -4.48. The maximum Gasteiger partial charge on any atom is 0.416 e. The lowest BCUT2D eigenvalue weighted by Crippen LogP contribution is -2.56. The molecule has 1 aromatic heterocycles. The molecule has 3 aliphatic rings. The van der Waals surface area contributed by atoms with Crippen LogP contribution in [0.1, 0.15) is 48.6 Å². The van der Waals surface area contributed by atoms with Crippen molar-refractivity contribution in [3.8, 4) is 12.1 Å². The molecule has 5 rings (SSSR count). The number of piperazine rings is 1. The van der Waals surface area contributed by atoms with Crippen LogP contribution < -0.4 is 14.5 Å². The molecule has 1 aromatic carbocycles. The molecule has 45 heavy (non-hydrogen) atoms. The molecule has 9 nitrogen and oxygen atoms in total. The first-order chi connectivity index (χ1) is 21.2. The van der Waals surface area contributed by atoms with Gasteiger partial charge < -0.3 is 24.3 Å². The molecule has 13 heteroatoms. The summed E-state index contributed by atoms with van der Waals surface area (Å²) in [6, 6.07) is 5.72. The Labute approximate surface area is 261 Å². The molecule has 0 N–H and O–H groups in total. The number of carbonyl (C=O) groups is 1. The van der Waals surface area contributed by atoms with Gasteiger partial charge in [-0.05, 0) is 64.9 Å². The molecule has 0 radical (unpaired) electrons. The maximum absolute atomic E-state index is 13.8. The van der Waals surface area contributed by atoms with E-state index in [1.165, 1.54) is 17.9 Å². The van der Waals surface area contributed by atoms with Crippen molar-refractivity contribution in [2.24, 2.45) is 5.41 Å². The van der Waals surface area contributed by atoms with Gasteiger partial charge in [-0.3, -0.25) is 4.79 Å². The Morgan fingerprint density at radius 3 is 2.60 bits per heavy atom. The Morgan fingerprint density at radius 1 is 1.24 bits per heavy atom. The molecule has 1 saturated carbocycles. The van der Waals surface area contributed by atoms with Crippen LogP contribution >= 0.6 is 0 Å². The summed E-state index contributed by atoms with van der Waals surface area (Å²) in [5.74, 6) is -1.30. The van der Waals surface area contributed by atoms with E-state index in [1.54, 1.807) is 6.07 Å². The van der Waals surface area contributed by atoms with Crippen LogP contribution in [0.2, 0.25) is 0 Å². The van der Waals surface area contributed by atoms with Crippen molar-refractivity contribution in [2.75, 3.05) is 56.7 Å². The zero-order chi connectivity index (χ0) is 32.7. The summed E-state index contributed by atoms with van der Waals surface area (Å²) in [4.78, 5) is 29.5. The van der Waals surface area contributed by atoms with Gasteiger partial charge in [0, 0.05) is 48.9 Å². The molecular weight excluding hydrogens is 590 g/mol. The van der Waals surface area contributed by atoms with Gasteiger partial charge in [0.05, 0.1) is 42.9 Å². The molecular formula is C32H39F4N7O2. The molecule has 1 aliphatic carbocycles. The summed E-state index contributed by atoms with van der Waals surface area (Å²) in [6.45, 7) is 8.85. The minimum Gasteiger partial charge on any atom is -0.463 e. The van der Waals surface area contributed by atoms with Crippen molar-refractivity contribution in [1.82, 2.24) is 19.8 Å². The van der Waals surface area contributed by atoms with Gasteiger partial charge in [-0.15, -0.1) is 0 Å². The lowest BCUT2D eigenvalue weighted by atomic mass is 9.95. The highest BCUT2D eigenvalue weighted by Gasteiger charge is 2.44. The number of nitrogens with zero attached hydrogens (tertiary/aromatic N) is 7. The summed E-state index contributed by atoms with van der Waals surface area (Å²) in [7, 11) is 4.03. The molecule has 2 atom stereocenters. The van der Waals surface area contributed by atoms with Crippen LogP contribution in [0.15, 0.2) is 30.6 Å². The summed E-state index contributed by atoms with van der Waals surface area (Å²) in [5, 5.41) is 9.48. The number of amides is 1. The van der Waals surface area contributed by atoms with E-state index in [2.05, 4.69) is 17.5 Å².